The number of halogens is 1. The van der Waals surface area contributed by atoms with Gasteiger partial charge in [0.1, 0.15) is 17.3 Å². The first kappa shape index (κ1) is 8.41. The molecule has 0 amide bonds. The molecule has 0 N–H and O–H groups in total. The van der Waals surface area contributed by atoms with Gasteiger partial charge in [0.15, 0.2) is 0 Å². The fourth-order valence-corrected chi connectivity index (χ4v) is 1.53. The van der Waals surface area contributed by atoms with E-state index < -0.39 is 5.67 Å². The van der Waals surface area contributed by atoms with E-state index in [4.69, 9.17) is 0 Å². The van der Waals surface area contributed by atoms with Crippen molar-refractivity contribution in [3.8, 4) is 0 Å². The number of nitrogens with zero attached hydrogens (tertiary/aromatic N) is 3. The SMILES string of the molecule is Cc1nccc(N2CC(C)(F)C2)n1. The molecule has 0 aromatic carbocycles. The van der Waals surface area contributed by atoms with Crippen molar-refractivity contribution in [2.45, 2.75) is 19.5 Å². The topological polar surface area (TPSA) is 29.0 Å². The molecular formula is C9H12FN3. The average molecular weight is 181 g/mol. The lowest BCUT2D eigenvalue weighted by Gasteiger charge is -2.42. The monoisotopic (exact) mass is 181 g/mol. The van der Waals surface area contributed by atoms with Gasteiger partial charge in [0.25, 0.3) is 0 Å². The smallest absolute Gasteiger partial charge is 0.143 e. The number of hydrogen-bond donors (Lipinski definition) is 0. The predicted octanol–water partition coefficient (Wildman–Crippen LogP) is 1.33. The van der Waals surface area contributed by atoms with Gasteiger partial charge in [-0.2, -0.15) is 0 Å². The standard InChI is InChI=1S/C9H12FN3/c1-7-11-4-3-8(12-7)13-5-9(2,10)6-13/h3-4H,5-6H2,1-2H3. The van der Waals surface area contributed by atoms with Gasteiger partial charge in [-0.15, -0.1) is 0 Å². The van der Waals surface area contributed by atoms with Crippen molar-refractivity contribution in [2.75, 3.05) is 18.0 Å². The Balaban J connectivity index is 2.11. The van der Waals surface area contributed by atoms with E-state index >= 15 is 0 Å². The molecule has 0 spiro atoms. The zero-order chi connectivity index (χ0) is 9.47. The fraction of sp³-hybridized carbons (Fsp3) is 0.556. The van der Waals surface area contributed by atoms with E-state index in [1.54, 1.807) is 13.1 Å². The van der Waals surface area contributed by atoms with E-state index in [-0.39, 0.29) is 0 Å². The predicted molar refractivity (Wildman–Crippen MR) is 48.5 cm³/mol. The van der Waals surface area contributed by atoms with Crippen LogP contribution >= 0.6 is 0 Å². The highest BCUT2D eigenvalue weighted by atomic mass is 19.1. The fourth-order valence-electron chi connectivity index (χ4n) is 1.53. The van der Waals surface area contributed by atoms with Gasteiger partial charge < -0.3 is 4.90 Å². The summed E-state index contributed by atoms with van der Waals surface area (Å²) >= 11 is 0. The van der Waals surface area contributed by atoms with E-state index in [0.29, 0.717) is 13.1 Å². The van der Waals surface area contributed by atoms with Crippen LogP contribution in [0.3, 0.4) is 0 Å². The first-order chi connectivity index (χ1) is 6.07. The van der Waals surface area contributed by atoms with Gasteiger partial charge in [-0.25, -0.2) is 14.4 Å². The Morgan fingerprint density at radius 1 is 1.54 bits per heavy atom. The third-order valence-electron chi connectivity index (χ3n) is 2.13. The van der Waals surface area contributed by atoms with Crippen LogP contribution in [-0.2, 0) is 0 Å². The molecule has 4 heteroatoms. The maximum absolute atomic E-state index is 13.2. The highest BCUT2D eigenvalue weighted by Crippen LogP contribution is 2.28. The Morgan fingerprint density at radius 2 is 2.23 bits per heavy atom. The van der Waals surface area contributed by atoms with Gasteiger partial charge in [0.05, 0.1) is 13.1 Å². The Bertz CT molecular complexity index is 316. The molecule has 1 saturated heterocycles. The maximum Gasteiger partial charge on any atom is 0.143 e. The summed E-state index contributed by atoms with van der Waals surface area (Å²) in [6.45, 7) is 4.31. The zero-order valence-corrected chi connectivity index (χ0v) is 7.79. The van der Waals surface area contributed by atoms with E-state index in [1.165, 1.54) is 0 Å². The van der Waals surface area contributed by atoms with Crippen LogP contribution in [-0.4, -0.2) is 28.7 Å². The largest absolute Gasteiger partial charge is 0.350 e. The third kappa shape index (κ3) is 1.61. The van der Waals surface area contributed by atoms with Gasteiger partial charge in [-0.1, -0.05) is 0 Å². The second kappa shape index (κ2) is 2.65. The van der Waals surface area contributed by atoms with Crippen molar-refractivity contribution in [1.29, 1.82) is 0 Å². The summed E-state index contributed by atoms with van der Waals surface area (Å²) in [6.07, 6.45) is 1.70. The highest BCUT2D eigenvalue weighted by molar-refractivity contribution is 5.42. The summed E-state index contributed by atoms with van der Waals surface area (Å²) in [5.41, 5.74) is -1.04. The van der Waals surface area contributed by atoms with Crippen LogP contribution in [0.1, 0.15) is 12.7 Å². The second-order valence-electron chi connectivity index (χ2n) is 3.73. The summed E-state index contributed by atoms with van der Waals surface area (Å²) < 4.78 is 13.2. The van der Waals surface area contributed by atoms with E-state index in [1.807, 2.05) is 17.9 Å². The van der Waals surface area contributed by atoms with Crippen LogP contribution in [0.5, 0.6) is 0 Å². The van der Waals surface area contributed by atoms with Crippen molar-refractivity contribution in [3.05, 3.63) is 18.1 Å². The number of hydrogen-bond acceptors (Lipinski definition) is 3. The number of anilines is 1. The molecule has 0 saturated carbocycles. The first-order valence-corrected chi connectivity index (χ1v) is 4.30. The van der Waals surface area contributed by atoms with Crippen molar-refractivity contribution >= 4 is 5.82 Å². The van der Waals surface area contributed by atoms with Crippen LogP contribution in [0.25, 0.3) is 0 Å². The molecule has 1 fully saturated rings. The Kier molecular flexibility index (Phi) is 1.71. The van der Waals surface area contributed by atoms with Crippen molar-refractivity contribution in [3.63, 3.8) is 0 Å². The molecule has 0 radical (unpaired) electrons. The average Bonchev–Trinajstić information content (AvgIpc) is 2.00. The Labute approximate surface area is 76.6 Å². The zero-order valence-electron chi connectivity index (χ0n) is 7.79. The summed E-state index contributed by atoms with van der Waals surface area (Å²) in [6, 6.07) is 1.81. The minimum Gasteiger partial charge on any atom is -0.350 e. The number of rotatable bonds is 1. The minimum absolute atomic E-state index is 0.434. The molecule has 0 atom stereocenters. The summed E-state index contributed by atoms with van der Waals surface area (Å²) in [7, 11) is 0. The molecule has 1 aliphatic rings. The normalized spacial score (nSPS) is 19.8. The summed E-state index contributed by atoms with van der Waals surface area (Å²) in [4.78, 5) is 10.1. The molecule has 0 unspecified atom stereocenters. The number of alkyl halides is 1. The Hall–Kier alpha value is -1.19. The number of aromatic nitrogens is 2. The van der Waals surface area contributed by atoms with Gasteiger partial charge in [0, 0.05) is 6.20 Å². The maximum atomic E-state index is 13.2. The van der Waals surface area contributed by atoms with Gasteiger partial charge >= 0.3 is 0 Å². The lowest BCUT2D eigenvalue weighted by molar-refractivity contribution is 0.143. The molecule has 0 bridgehead atoms. The van der Waals surface area contributed by atoms with Gasteiger partial charge in [-0.05, 0) is 19.9 Å². The lowest BCUT2D eigenvalue weighted by atomic mass is 9.99. The third-order valence-corrected chi connectivity index (χ3v) is 2.13. The first-order valence-electron chi connectivity index (χ1n) is 4.30. The second-order valence-corrected chi connectivity index (χ2v) is 3.73. The molecule has 2 rings (SSSR count). The van der Waals surface area contributed by atoms with Crippen LogP contribution in [0.2, 0.25) is 0 Å². The Morgan fingerprint density at radius 3 is 2.77 bits per heavy atom. The van der Waals surface area contributed by atoms with Crippen LogP contribution in [0, 0.1) is 6.92 Å². The van der Waals surface area contributed by atoms with Gasteiger partial charge in [0.2, 0.25) is 0 Å². The molecule has 1 aliphatic heterocycles. The van der Waals surface area contributed by atoms with E-state index in [0.717, 1.165) is 11.6 Å². The molecular weight excluding hydrogens is 169 g/mol. The van der Waals surface area contributed by atoms with E-state index in [2.05, 4.69) is 9.97 Å². The minimum atomic E-state index is -1.04. The molecule has 2 heterocycles. The van der Waals surface area contributed by atoms with Crippen molar-refractivity contribution < 1.29 is 4.39 Å². The van der Waals surface area contributed by atoms with Crippen LogP contribution in [0.4, 0.5) is 10.2 Å². The lowest BCUT2D eigenvalue weighted by Crippen LogP contribution is -2.57. The highest BCUT2D eigenvalue weighted by Gasteiger charge is 2.39. The van der Waals surface area contributed by atoms with Crippen LogP contribution in [0.15, 0.2) is 12.3 Å². The van der Waals surface area contributed by atoms with Crippen LogP contribution < -0.4 is 4.90 Å². The van der Waals surface area contributed by atoms with Gasteiger partial charge in [-0.3, -0.25) is 0 Å². The summed E-state index contributed by atoms with van der Waals surface area (Å²) in [5.74, 6) is 1.55. The molecule has 70 valence electrons. The quantitative estimate of drug-likeness (QED) is 0.654. The molecule has 13 heavy (non-hydrogen) atoms. The number of aryl methyl sites for hydroxylation is 1. The van der Waals surface area contributed by atoms with E-state index in [9.17, 15) is 4.39 Å². The summed E-state index contributed by atoms with van der Waals surface area (Å²) in [5, 5.41) is 0. The molecule has 1 aromatic heterocycles. The molecule has 0 aliphatic carbocycles. The van der Waals surface area contributed by atoms with Crippen molar-refractivity contribution in [1.82, 2.24) is 9.97 Å². The molecule has 3 nitrogen and oxygen atoms in total. The van der Waals surface area contributed by atoms with Crippen molar-refractivity contribution in [2.24, 2.45) is 0 Å². The molecule has 1 aromatic rings.